The van der Waals surface area contributed by atoms with Crippen LogP contribution in [0, 0.1) is 0 Å². The largest absolute Gasteiger partial charge is 0.489 e. The Hall–Kier alpha value is -1.40. The van der Waals surface area contributed by atoms with Crippen molar-refractivity contribution in [2.45, 2.75) is 12.6 Å². The molecule has 2 aromatic rings. The molecule has 5 nitrogen and oxygen atoms in total. The zero-order chi connectivity index (χ0) is 15.1. The van der Waals surface area contributed by atoms with Crippen molar-refractivity contribution in [2.75, 3.05) is 13.2 Å². The lowest BCUT2D eigenvalue weighted by Crippen LogP contribution is -2.31. The first kappa shape index (κ1) is 16.0. The van der Waals surface area contributed by atoms with Gasteiger partial charge in [-0.2, -0.15) is 0 Å². The quantitative estimate of drug-likeness (QED) is 0.816. The van der Waals surface area contributed by atoms with Crippen LogP contribution in [0.2, 0.25) is 10.0 Å². The SMILES string of the molecule is OC(CNCc1ccncn1)COc1cc(Cl)ccc1Cl. The van der Waals surface area contributed by atoms with Gasteiger partial charge in [-0.05, 0) is 18.2 Å². The van der Waals surface area contributed by atoms with Crippen LogP contribution in [-0.4, -0.2) is 34.3 Å². The van der Waals surface area contributed by atoms with Crippen LogP contribution in [0.15, 0.2) is 36.8 Å². The first-order valence-electron chi connectivity index (χ1n) is 6.36. The minimum atomic E-state index is -0.665. The van der Waals surface area contributed by atoms with Crippen molar-refractivity contribution < 1.29 is 9.84 Å². The van der Waals surface area contributed by atoms with Crippen LogP contribution >= 0.6 is 23.2 Å². The zero-order valence-electron chi connectivity index (χ0n) is 11.2. The molecule has 1 atom stereocenters. The van der Waals surface area contributed by atoms with E-state index in [1.165, 1.54) is 6.33 Å². The second kappa shape index (κ2) is 8.14. The highest BCUT2D eigenvalue weighted by Crippen LogP contribution is 2.27. The Morgan fingerprint density at radius 2 is 2.14 bits per heavy atom. The average Bonchev–Trinajstić information content (AvgIpc) is 2.49. The third kappa shape index (κ3) is 5.47. The maximum absolute atomic E-state index is 9.85. The standard InChI is InChI=1S/C14H15Cl2N3O2/c15-10-1-2-13(16)14(5-10)21-8-12(20)7-18-6-11-3-4-17-9-19-11/h1-5,9,12,18,20H,6-8H2. The van der Waals surface area contributed by atoms with Crippen molar-refractivity contribution in [1.82, 2.24) is 15.3 Å². The molecule has 112 valence electrons. The molecule has 7 heteroatoms. The fourth-order valence-electron chi connectivity index (χ4n) is 1.62. The molecular weight excluding hydrogens is 313 g/mol. The van der Waals surface area contributed by atoms with Crippen LogP contribution in [0.3, 0.4) is 0 Å². The molecule has 0 bridgehead atoms. The summed E-state index contributed by atoms with van der Waals surface area (Å²) in [6.07, 6.45) is 2.49. The Kier molecular flexibility index (Phi) is 6.20. The number of nitrogens with zero attached hydrogens (tertiary/aromatic N) is 2. The van der Waals surface area contributed by atoms with Gasteiger partial charge in [0.05, 0.1) is 10.7 Å². The van der Waals surface area contributed by atoms with E-state index in [9.17, 15) is 5.11 Å². The molecule has 1 heterocycles. The van der Waals surface area contributed by atoms with Gasteiger partial charge < -0.3 is 15.2 Å². The molecule has 0 saturated heterocycles. The third-order valence-corrected chi connectivity index (χ3v) is 3.20. The summed E-state index contributed by atoms with van der Waals surface area (Å²) in [5.74, 6) is 0.457. The summed E-state index contributed by atoms with van der Waals surface area (Å²) in [5.41, 5.74) is 0.857. The molecule has 0 aliphatic rings. The van der Waals surface area contributed by atoms with Crippen molar-refractivity contribution in [2.24, 2.45) is 0 Å². The number of aliphatic hydroxyl groups is 1. The van der Waals surface area contributed by atoms with Gasteiger partial charge in [0.2, 0.25) is 0 Å². The lowest BCUT2D eigenvalue weighted by Gasteiger charge is -2.14. The first-order chi connectivity index (χ1) is 10.1. The Morgan fingerprint density at radius 1 is 1.29 bits per heavy atom. The maximum atomic E-state index is 9.85. The molecule has 0 aliphatic carbocycles. The summed E-state index contributed by atoms with van der Waals surface area (Å²) in [7, 11) is 0. The van der Waals surface area contributed by atoms with Crippen molar-refractivity contribution in [3.63, 3.8) is 0 Å². The molecular formula is C14H15Cl2N3O2. The van der Waals surface area contributed by atoms with E-state index in [-0.39, 0.29) is 6.61 Å². The van der Waals surface area contributed by atoms with Gasteiger partial charge in [0.1, 0.15) is 24.8 Å². The predicted molar refractivity (Wildman–Crippen MR) is 81.7 cm³/mol. The molecule has 0 aliphatic heterocycles. The third-order valence-electron chi connectivity index (χ3n) is 2.65. The van der Waals surface area contributed by atoms with Crippen LogP contribution in [0.25, 0.3) is 0 Å². The summed E-state index contributed by atoms with van der Waals surface area (Å²) >= 11 is 11.8. The van der Waals surface area contributed by atoms with E-state index >= 15 is 0 Å². The van der Waals surface area contributed by atoms with Crippen molar-refractivity contribution >= 4 is 23.2 Å². The van der Waals surface area contributed by atoms with E-state index in [1.54, 1.807) is 24.4 Å². The molecule has 1 unspecified atom stereocenters. The highest BCUT2D eigenvalue weighted by Gasteiger charge is 2.08. The number of hydrogen-bond donors (Lipinski definition) is 2. The van der Waals surface area contributed by atoms with Crippen LogP contribution in [0.4, 0.5) is 0 Å². The molecule has 0 spiro atoms. The van der Waals surface area contributed by atoms with E-state index in [0.29, 0.717) is 28.9 Å². The van der Waals surface area contributed by atoms with Gasteiger partial charge in [-0.3, -0.25) is 0 Å². The Balaban J connectivity index is 1.72. The zero-order valence-corrected chi connectivity index (χ0v) is 12.7. The molecule has 0 amide bonds. The van der Waals surface area contributed by atoms with E-state index in [0.717, 1.165) is 5.69 Å². The fourth-order valence-corrected chi connectivity index (χ4v) is 1.96. The van der Waals surface area contributed by atoms with Crippen LogP contribution in [-0.2, 0) is 6.54 Å². The molecule has 1 aromatic heterocycles. The minimum Gasteiger partial charge on any atom is -0.489 e. The molecule has 0 radical (unpaired) electrons. The highest BCUT2D eigenvalue weighted by molar-refractivity contribution is 6.34. The molecule has 1 aromatic carbocycles. The summed E-state index contributed by atoms with van der Waals surface area (Å²) in [6, 6.07) is 6.75. The second-order valence-electron chi connectivity index (χ2n) is 4.37. The first-order valence-corrected chi connectivity index (χ1v) is 7.12. The summed E-state index contributed by atoms with van der Waals surface area (Å²) in [4.78, 5) is 7.91. The molecule has 2 rings (SSSR count). The van der Waals surface area contributed by atoms with E-state index in [1.807, 2.05) is 6.07 Å². The fraction of sp³-hybridized carbons (Fsp3) is 0.286. The van der Waals surface area contributed by atoms with Gasteiger partial charge in [-0.15, -0.1) is 0 Å². The Bertz CT molecular complexity index is 569. The number of nitrogens with one attached hydrogen (secondary N) is 1. The van der Waals surface area contributed by atoms with E-state index < -0.39 is 6.10 Å². The summed E-state index contributed by atoms with van der Waals surface area (Å²) in [6.45, 7) is 1.05. The lowest BCUT2D eigenvalue weighted by atomic mass is 10.3. The number of aromatic nitrogens is 2. The van der Waals surface area contributed by atoms with Gasteiger partial charge in [0.15, 0.2) is 0 Å². The molecule has 0 saturated carbocycles. The van der Waals surface area contributed by atoms with Gasteiger partial charge in [0, 0.05) is 30.4 Å². The van der Waals surface area contributed by atoms with E-state index in [4.69, 9.17) is 27.9 Å². The number of halogens is 2. The number of ether oxygens (including phenoxy) is 1. The Labute approximate surface area is 132 Å². The van der Waals surface area contributed by atoms with Crippen molar-refractivity contribution in [1.29, 1.82) is 0 Å². The number of benzene rings is 1. The maximum Gasteiger partial charge on any atom is 0.139 e. The van der Waals surface area contributed by atoms with Crippen LogP contribution < -0.4 is 10.1 Å². The van der Waals surface area contributed by atoms with Gasteiger partial charge in [-0.25, -0.2) is 9.97 Å². The normalized spacial score (nSPS) is 12.1. The monoisotopic (exact) mass is 327 g/mol. The van der Waals surface area contributed by atoms with Crippen molar-refractivity contribution in [3.8, 4) is 5.75 Å². The van der Waals surface area contributed by atoms with Crippen molar-refractivity contribution in [3.05, 3.63) is 52.5 Å². The number of hydrogen-bond acceptors (Lipinski definition) is 5. The minimum absolute atomic E-state index is 0.122. The second-order valence-corrected chi connectivity index (χ2v) is 5.21. The smallest absolute Gasteiger partial charge is 0.139 e. The summed E-state index contributed by atoms with van der Waals surface area (Å²) < 4.78 is 5.45. The Morgan fingerprint density at radius 3 is 2.90 bits per heavy atom. The highest BCUT2D eigenvalue weighted by atomic mass is 35.5. The summed E-state index contributed by atoms with van der Waals surface area (Å²) in [5, 5.41) is 13.9. The van der Waals surface area contributed by atoms with Crippen LogP contribution in [0.5, 0.6) is 5.75 Å². The van der Waals surface area contributed by atoms with Crippen LogP contribution in [0.1, 0.15) is 5.69 Å². The topological polar surface area (TPSA) is 67.3 Å². The average molecular weight is 328 g/mol. The lowest BCUT2D eigenvalue weighted by molar-refractivity contribution is 0.106. The van der Waals surface area contributed by atoms with Gasteiger partial charge in [-0.1, -0.05) is 23.2 Å². The number of rotatable bonds is 7. The van der Waals surface area contributed by atoms with Gasteiger partial charge >= 0.3 is 0 Å². The molecule has 2 N–H and O–H groups in total. The molecule has 21 heavy (non-hydrogen) atoms. The predicted octanol–water partition coefficient (Wildman–Crippen LogP) is 2.31. The van der Waals surface area contributed by atoms with E-state index in [2.05, 4.69) is 15.3 Å². The van der Waals surface area contributed by atoms with Gasteiger partial charge in [0.25, 0.3) is 0 Å². The number of aliphatic hydroxyl groups excluding tert-OH is 1. The molecule has 0 fully saturated rings.